The van der Waals surface area contributed by atoms with Gasteiger partial charge in [-0.2, -0.15) is 0 Å². The minimum absolute atomic E-state index is 0.545. The SMILES string of the molecule is C=CC1CCC2C3CCC4=C(CC=C(OC)C4)C3CCC12C. The zero-order valence-corrected chi connectivity index (χ0v) is 14.2. The van der Waals surface area contributed by atoms with Gasteiger partial charge in [0.2, 0.25) is 0 Å². The highest BCUT2D eigenvalue weighted by molar-refractivity contribution is 5.32. The van der Waals surface area contributed by atoms with E-state index in [1.54, 1.807) is 11.1 Å². The Morgan fingerprint density at radius 2 is 2.14 bits per heavy atom. The molecular formula is C21H30O. The van der Waals surface area contributed by atoms with Crippen molar-refractivity contribution in [3.05, 3.63) is 35.6 Å². The van der Waals surface area contributed by atoms with Gasteiger partial charge >= 0.3 is 0 Å². The lowest BCUT2D eigenvalue weighted by atomic mass is 9.53. The average molecular weight is 298 g/mol. The van der Waals surface area contributed by atoms with Gasteiger partial charge in [0.25, 0.3) is 0 Å². The van der Waals surface area contributed by atoms with Crippen LogP contribution in [0.25, 0.3) is 0 Å². The van der Waals surface area contributed by atoms with Gasteiger partial charge in [-0.1, -0.05) is 24.1 Å². The van der Waals surface area contributed by atoms with Crippen LogP contribution in [0.3, 0.4) is 0 Å². The number of ether oxygens (including phenoxy) is 1. The molecule has 4 aliphatic carbocycles. The average Bonchev–Trinajstić information content (AvgIpc) is 2.90. The third-order valence-corrected chi connectivity index (χ3v) is 7.68. The zero-order valence-electron chi connectivity index (χ0n) is 14.2. The van der Waals surface area contributed by atoms with Crippen LogP contribution in [0.4, 0.5) is 0 Å². The number of hydrogen-bond donors (Lipinski definition) is 0. The monoisotopic (exact) mass is 298 g/mol. The van der Waals surface area contributed by atoms with Crippen LogP contribution in [-0.2, 0) is 4.74 Å². The smallest absolute Gasteiger partial charge is 0.0959 e. The first-order valence-corrected chi connectivity index (χ1v) is 9.23. The van der Waals surface area contributed by atoms with Gasteiger partial charge < -0.3 is 4.74 Å². The van der Waals surface area contributed by atoms with E-state index in [9.17, 15) is 0 Å². The third-order valence-electron chi connectivity index (χ3n) is 7.68. The lowest BCUT2D eigenvalue weighted by molar-refractivity contribution is 0.0253. The molecule has 4 aliphatic rings. The van der Waals surface area contributed by atoms with Gasteiger partial charge in [-0.3, -0.25) is 0 Å². The molecule has 0 aromatic carbocycles. The lowest BCUT2D eigenvalue weighted by Crippen LogP contribution is -2.43. The van der Waals surface area contributed by atoms with E-state index in [1.807, 2.05) is 7.11 Å². The fourth-order valence-corrected chi connectivity index (χ4v) is 6.47. The van der Waals surface area contributed by atoms with E-state index in [2.05, 4.69) is 25.7 Å². The summed E-state index contributed by atoms with van der Waals surface area (Å²) in [6, 6.07) is 0. The predicted molar refractivity (Wildman–Crippen MR) is 91.3 cm³/mol. The molecule has 0 amide bonds. The first kappa shape index (κ1) is 14.6. The molecule has 1 nitrogen and oxygen atoms in total. The largest absolute Gasteiger partial charge is 0.501 e. The standard InChI is InChI=1S/C21H30O/c1-4-15-6-10-20-19-8-5-14-13-16(22-3)7-9-17(14)18(19)11-12-21(15,20)2/h4,7,15,18-20H,1,5-6,8-13H2,2-3H3. The van der Waals surface area contributed by atoms with Gasteiger partial charge in [-0.05, 0) is 80.1 Å². The number of hydrogen-bond acceptors (Lipinski definition) is 1. The van der Waals surface area contributed by atoms with Gasteiger partial charge in [0.15, 0.2) is 0 Å². The molecule has 1 heteroatoms. The van der Waals surface area contributed by atoms with Crippen molar-refractivity contribution in [3.63, 3.8) is 0 Å². The van der Waals surface area contributed by atoms with Crippen molar-refractivity contribution in [1.82, 2.24) is 0 Å². The number of methoxy groups -OCH3 is 1. The maximum Gasteiger partial charge on any atom is 0.0959 e. The summed E-state index contributed by atoms with van der Waals surface area (Å²) in [5.41, 5.74) is 4.08. The van der Waals surface area contributed by atoms with E-state index < -0.39 is 0 Å². The van der Waals surface area contributed by atoms with Crippen LogP contribution in [-0.4, -0.2) is 7.11 Å². The molecule has 0 aliphatic heterocycles. The van der Waals surface area contributed by atoms with Crippen LogP contribution in [0.2, 0.25) is 0 Å². The van der Waals surface area contributed by atoms with Crippen molar-refractivity contribution in [3.8, 4) is 0 Å². The molecule has 4 rings (SSSR count). The second-order valence-electron chi connectivity index (χ2n) is 8.26. The molecule has 0 saturated heterocycles. The van der Waals surface area contributed by atoms with E-state index in [1.165, 1.54) is 44.3 Å². The van der Waals surface area contributed by atoms with Crippen molar-refractivity contribution in [2.45, 2.75) is 58.3 Å². The first-order valence-electron chi connectivity index (χ1n) is 9.23. The molecule has 22 heavy (non-hydrogen) atoms. The fraction of sp³-hybridized carbons (Fsp3) is 0.714. The van der Waals surface area contributed by atoms with Gasteiger partial charge in [-0.25, -0.2) is 0 Å². The normalized spacial score (nSPS) is 43.8. The maximum absolute atomic E-state index is 5.51. The molecular weight excluding hydrogens is 268 g/mol. The van der Waals surface area contributed by atoms with Crippen LogP contribution in [0.5, 0.6) is 0 Å². The highest BCUT2D eigenvalue weighted by atomic mass is 16.5. The van der Waals surface area contributed by atoms with E-state index >= 15 is 0 Å². The molecule has 5 atom stereocenters. The Morgan fingerprint density at radius 3 is 2.91 bits per heavy atom. The Labute approximate surface area is 135 Å². The summed E-state index contributed by atoms with van der Waals surface area (Å²) in [4.78, 5) is 0. The second kappa shape index (κ2) is 5.28. The third kappa shape index (κ3) is 1.97. The molecule has 2 fully saturated rings. The molecule has 0 spiro atoms. The molecule has 0 bridgehead atoms. The zero-order chi connectivity index (χ0) is 15.3. The van der Waals surface area contributed by atoms with Gasteiger partial charge in [-0.15, -0.1) is 6.58 Å². The Kier molecular flexibility index (Phi) is 3.51. The molecule has 0 aromatic heterocycles. The molecule has 0 N–H and O–H groups in total. The van der Waals surface area contributed by atoms with E-state index in [0.29, 0.717) is 5.41 Å². The highest BCUT2D eigenvalue weighted by Crippen LogP contribution is 2.63. The Bertz CT molecular complexity index is 540. The van der Waals surface area contributed by atoms with Gasteiger partial charge in [0.05, 0.1) is 12.9 Å². The molecule has 0 aromatic rings. The minimum atomic E-state index is 0.545. The molecule has 0 radical (unpaired) electrons. The van der Waals surface area contributed by atoms with Crippen LogP contribution in [0, 0.1) is 29.1 Å². The van der Waals surface area contributed by atoms with Gasteiger partial charge in [0, 0.05) is 6.42 Å². The fourth-order valence-electron chi connectivity index (χ4n) is 6.47. The van der Waals surface area contributed by atoms with Crippen LogP contribution >= 0.6 is 0 Å². The van der Waals surface area contributed by atoms with Crippen molar-refractivity contribution in [2.24, 2.45) is 29.1 Å². The molecule has 2 saturated carbocycles. The van der Waals surface area contributed by atoms with E-state index in [0.717, 1.165) is 36.5 Å². The number of rotatable bonds is 2. The molecule has 0 heterocycles. The molecule has 120 valence electrons. The topological polar surface area (TPSA) is 9.23 Å². The Hall–Kier alpha value is -0.980. The summed E-state index contributed by atoms with van der Waals surface area (Å²) in [6.07, 6.45) is 15.2. The van der Waals surface area contributed by atoms with E-state index in [-0.39, 0.29) is 0 Å². The predicted octanol–water partition coefficient (Wildman–Crippen LogP) is 5.65. The van der Waals surface area contributed by atoms with E-state index in [4.69, 9.17) is 4.74 Å². The second-order valence-corrected chi connectivity index (χ2v) is 8.26. The van der Waals surface area contributed by atoms with Crippen molar-refractivity contribution in [2.75, 3.05) is 7.11 Å². The maximum atomic E-state index is 5.51. The summed E-state index contributed by atoms with van der Waals surface area (Å²) in [6.45, 7) is 6.71. The summed E-state index contributed by atoms with van der Waals surface area (Å²) >= 11 is 0. The lowest BCUT2D eigenvalue weighted by Gasteiger charge is -2.51. The molecule has 5 unspecified atom stereocenters. The van der Waals surface area contributed by atoms with Crippen LogP contribution < -0.4 is 0 Å². The van der Waals surface area contributed by atoms with Crippen LogP contribution in [0.15, 0.2) is 35.6 Å². The van der Waals surface area contributed by atoms with Crippen molar-refractivity contribution < 1.29 is 4.74 Å². The van der Waals surface area contributed by atoms with Crippen molar-refractivity contribution >= 4 is 0 Å². The number of fused-ring (bicyclic) bond motifs is 4. The summed E-state index contributed by atoms with van der Waals surface area (Å²) in [5, 5.41) is 0. The Morgan fingerprint density at radius 1 is 1.27 bits per heavy atom. The Balaban J connectivity index is 1.60. The first-order chi connectivity index (χ1) is 10.7. The van der Waals surface area contributed by atoms with Crippen molar-refractivity contribution in [1.29, 1.82) is 0 Å². The highest BCUT2D eigenvalue weighted by Gasteiger charge is 2.54. The summed E-state index contributed by atoms with van der Waals surface area (Å²) < 4.78 is 5.51. The number of allylic oxidation sites excluding steroid dienone is 4. The minimum Gasteiger partial charge on any atom is -0.501 e. The quantitative estimate of drug-likeness (QED) is 0.599. The van der Waals surface area contributed by atoms with Gasteiger partial charge in [0.1, 0.15) is 0 Å². The van der Waals surface area contributed by atoms with Crippen LogP contribution in [0.1, 0.15) is 58.3 Å². The summed E-state index contributed by atoms with van der Waals surface area (Å²) in [5.74, 6) is 4.72. The summed E-state index contributed by atoms with van der Waals surface area (Å²) in [7, 11) is 1.82.